The van der Waals surface area contributed by atoms with E-state index in [1.807, 2.05) is 32.2 Å². The van der Waals surface area contributed by atoms with E-state index in [2.05, 4.69) is 10.6 Å². The third kappa shape index (κ3) is 7.58. The first-order chi connectivity index (χ1) is 12.7. The molecule has 8 heteroatoms. The summed E-state index contributed by atoms with van der Waals surface area (Å²) in [5.74, 6) is -0.115. The molecule has 1 aliphatic rings. The summed E-state index contributed by atoms with van der Waals surface area (Å²) < 4.78 is 5.37. The summed E-state index contributed by atoms with van der Waals surface area (Å²) in [6, 6.07) is 3.69. The molecule has 0 aromatic carbocycles. The number of amides is 3. The van der Waals surface area contributed by atoms with Gasteiger partial charge in [0.25, 0.3) is 5.91 Å². The maximum absolute atomic E-state index is 12.1. The van der Waals surface area contributed by atoms with Gasteiger partial charge in [0, 0.05) is 32.1 Å². The molecule has 150 valence electrons. The Hall–Kier alpha value is -2.09. The summed E-state index contributed by atoms with van der Waals surface area (Å²) in [6.45, 7) is 7.18. The molecule has 1 fully saturated rings. The molecule has 0 bridgehead atoms. The van der Waals surface area contributed by atoms with Crippen molar-refractivity contribution in [3.63, 3.8) is 0 Å². The van der Waals surface area contributed by atoms with Gasteiger partial charge in [0.15, 0.2) is 0 Å². The summed E-state index contributed by atoms with van der Waals surface area (Å²) in [7, 11) is 0. The highest BCUT2D eigenvalue weighted by molar-refractivity contribution is 7.12. The Morgan fingerprint density at radius 2 is 1.96 bits per heavy atom. The van der Waals surface area contributed by atoms with E-state index in [0.717, 1.165) is 12.8 Å². The van der Waals surface area contributed by atoms with Crippen LogP contribution in [0.3, 0.4) is 0 Å². The molecule has 1 saturated heterocycles. The number of piperidine rings is 1. The normalized spacial score (nSPS) is 15.3. The molecule has 0 saturated carbocycles. The minimum atomic E-state index is -0.499. The first-order valence-corrected chi connectivity index (χ1v) is 10.2. The standard InChI is InChI=1S/C19H29N3O4S/c1-19(2,3)26-18(25)22-11-8-14(9-12-22)21-16(23)7-4-10-20-17(24)15-6-5-13-27-15/h5-6,13-14H,4,7-12H2,1-3H3,(H,20,24)(H,21,23). The third-order valence-corrected chi connectivity index (χ3v) is 4.99. The van der Waals surface area contributed by atoms with Gasteiger partial charge in [-0.1, -0.05) is 6.07 Å². The predicted octanol–water partition coefficient (Wildman–Crippen LogP) is 2.77. The second kappa shape index (κ2) is 9.73. The van der Waals surface area contributed by atoms with Crippen LogP contribution in [0.25, 0.3) is 0 Å². The van der Waals surface area contributed by atoms with Crippen LogP contribution in [-0.2, 0) is 9.53 Å². The second-order valence-electron chi connectivity index (χ2n) is 7.65. The number of nitrogens with one attached hydrogen (secondary N) is 2. The Bertz CT molecular complexity index is 632. The molecule has 27 heavy (non-hydrogen) atoms. The lowest BCUT2D eigenvalue weighted by molar-refractivity contribution is -0.122. The van der Waals surface area contributed by atoms with Gasteiger partial charge in [0.2, 0.25) is 5.91 Å². The van der Waals surface area contributed by atoms with Gasteiger partial charge in [0.1, 0.15) is 5.60 Å². The monoisotopic (exact) mass is 395 g/mol. The molecule has 0 aliphatic carbocycles. The summed E-state index contributed by atoms with van der Waals surface area (Å²) in [5.41, 5.74) is -0.499. The van der Waals surface area contributed by atoms with Crippen molar-refractivity contribution >= 4 is 29.2 Å². The van der Waals surface area contributed by atoms with Gasteiger partial charge in [-0.2, -0.15) is 0 Å². The summed E-state index contributed by atoms with van der Waals surface area (Å²) in [4.78, 5) is 38.3. The van der Waals surface area contributed by atoms with Gasteiger partial charge in [-0.3, -0.25) is 9.59 Å². The molecule has 1 aromatic rings. The predicted molar refractivity (Wildman–Crippen MR) is 105 cm³/mol. The average Bonchev–Trinajstić information content (AvgIpc) is 3.12. The lowest BCUT2D eigenvalue weighted by Crippen LogP contribution is -2.47. The maximum Gasteiger partial charge on any atom is 0.410 e. The highest BCUT2D eigenvalue weighted by Crippen LogP contribution is 2.15. The van der Waals surface area contributed by atoms with E-state index in [4.69, 9.17) is 4.74 Å². The van der Waals surface area contributed by atoms with E-state index in [9.17, 15) is 14.4 Å². The topological polar surface area (TPSA) is 87.7 Å². The Balaban J connectivity index is 1.59. The van der Waals surface area contributed by atoms with E-state index in [0.29, 0.717) is 37.4 Å². The zero-order valence-corrected chi connectivity index (χ0v) is 17.1. The molecule has 7 nitrogen and oxygen atoms in total. The van der Waals surface area contributed by atoms with Crippen LogP contribution in [0.2, 0.25) is 0 Å². The van der Waals surface area contributed by atoms with Crippen molar-refractivity contribution in [2.24, 2.45) is 0 Å². The third-order valence-electron chi connectivity index (χ3n) is 4.12. The number of ether oxygens (including phenoxy) is 1. The van der Waals surface area contributed by atoms with Crippen molar-refractivity contribution < 1.29 is 19.1 Å². The highest BCUT2D eigenvalue weighted by atomic mass is 32.1. The fourth-order valence-corrected chi connectivity index (χ4v) is 3.42. The van der Waals surface area contributed by atoms with Crippen molar-refractivity contribution in [1.82, 2.24) is 15.5 Å². The smallest absolute Gasteiger partial charge is 0.410 e. The van der Waals surface area contributed by atoms with Crippen molar-refractivity contribution in [1.29, 1.82) is 0 Å². The first-order valence-electron chi connectivity index (χ1n) is 9.33. The van der Waals surface area contributed by atoms with E-state index in [1.165, 1.54) is 11.3 Å². The molecular weight excluding hydrogens is 366 g/mol. The van der Waals surface area contributed by atoms with Crippen molar-refractivity contribution in [2.45, 2.75) is 58.1 Å². The van der Waals surface area contributed by atoms with Crippen LogP contribution in [0.1, 0.15) is 56.1 Å². The Morgan fingerprint density at radius 3 is 2.56 bits per heavy atom. The fourth-order valence-electron chi connectivity index (χ4n) is 2.78. The van der Waals surface area contributed by atoms with E-state index < -0.39 is 5.60 Å². The van der Waals surface area contributed by atoms with Crippen molar-refractivity contribution in [3.05, 3.63) is 22.4 Å². The number of rotatable bonds is 6. The Kier molecular flexibility index (Phi) is 7.65. The highest BCUT2D eigenvalue weighted by Gasteiger charge is 2.27. The molecule has 3 amide bonds. The number of carbonyl (C=O) groups is 3. The fraction of sp³-hybridized carbons (Fsp3) is 0.632. The zero-order valence-electron chi connectivity index (χ0n) is 16.2. The van der Waals surface area contributed by atoms with Crippen LogP contribution in [-0.4, -0.2) is 54.1 Å². The first kappa shape index (κ1) is 21.2. The number of likely N-dealkylation sites (tertiary alicyclic amines) is 1. The molecule has 2 rings (SSSR count). The summed E-state index contributed by atoms with van der Waals surface area (Å²) in [6.07, 6.45) is 2.12. The van der Waals surface area contributed by atoms with Crippen LogP contribution in [0, 0.1) is 0 Å². The summed E-state index contributed by atoms with van der Waals surface area (Å²) >= 11 is 1.40. The van der Waals surface area contributed by atoms with E-state index >= 15 is 0 Å². The van der Waals surface area contributed by atoms with Gasteiger partial charge in [-0.15, -0.1) is 11.3 Å². The summed E-state index contributed by atoms with van der Waals surface area (Å²) in [5, 5.41) is 7.69. The molecule has 2 heterocycles. The number of hydrogen-bond acceptors (Lipinski definition) is 5. The van der Waals surface area contributed by atoms with E-state index in [1.54, 1.807) is 11.0 Å². The second-order valence-corrected chi connectivity index (χ2v) is 8.59. The van der Waals surface area contributed by atoms with E-state index in [-0.39, 0.29) is 23.9 Å². The van der Waals surface area contributed by atoms with Gasteiger partial charge < -0.3 is 20.3 Å². The number of thiophene rings is 1. The van der Waals surface area contributed by atoms with Crippen LogP contribution < -0.4 is 10.6 Å². The van der Waals surface area contributed by atoms with Crippen molar-refractivity contribution in [3.8, 4) is 0 Å². The van der Waals surface area contributed by atoms with Crippen molar-refractivity contribution in [2.75, 3.05) is 19.6 Å². The SMILES string of the molecule is CC(C)(C)OC(=O)N1CCC(NC(=O)CCCNC(=O)c2cccs2)CC1. The minimum Gasteiger partial charge on any atom is -0.444 e. The largest absolute Gasteiger partial charge is 0.444 e. The zero-order chi connectivity index (χ0) is 19.9. The van der Waals surface area contributed by atoms with Gasteiger partial charge in [0.05, 0.1) is 4.88 Å². The average molecular weight is 396 g/mol. The molecule has 0 atom stereocenters. The van der Waals surface area contributed by atoms with Crippen LogP contribution in [0.5, 0.6) is 0 Å². The molecule has 0 unspecified atom stereocenters. The molecule has 1 aromatic heterocycles. The van der Waals surface area contributed by atoms with Crippen LogP contribution in [0.4, 0.5) is 4.79 Å². The molecule has 0 spiro atoms. The van der Waals surface area contributed by atoms with Gasteiger partial charge in [-0.25, -0.2) is 4.79 Å². The maximum atomic E-state index is 12.1. The lowest BCUT2D eigenvalue weighted by Gasteiger charge is -2.33. The molecular formula is C19H29N3O4S. The number of hydrogen-bond donors (Lipinski definition) is 2. The Morgan fingerprint density at radius 1 is 1.26 bits per heavy atom. The molecule has 2 N–H and O–H groups in total. The van der Waals surface area contributed by atoms with Crippen LogP contribution in [0.15, 0.2) is 17.5 Å². The quantitative estimate of drug-likeness (QED) is 0.725. The van der Waals surface area contributed by atoms with Crippen LogP contribution >= 0.6 is 11.3 Å². The molecule has 1 aliphatic heterocycles. The lowest BCUT2D eigenvalue weighted by atomic mass is 10.1. The Labute approximate surface area is 164 Å². The van der Waals surface area contributed by atoms with Gasteiger partial charge in [-0.05, 0) is 51.5 Å². The number of nitrogens with zero attached hydrogens (tertiary/aromatic N) is 1. The molecule has 0 radical (unpaired) electrons. The minimum absolute atomic E-state index is 0.0175. The number of carbonyl (C=O) groups excluding carboxylic acids is 3. The van der Waals surface area contributed by atoms with Gasteiger partial charge >= 0.3 is 6.09 Å².